The molecule has 4 N–H and O–H groups in total. The van der Waals surface area contributed by atoms with Crippen LogP contribution in [0.4, 0.5) is 0 Å². The Hall–Kier alpha value is -0.630. The Morgan fingerprint density at radius 3 is 3.08 bits per heavy atom. The summed E-state index contributed by atoms with van der Waals surface area (Å²) in [5.74, 6) is -0.362. The molecular formula is C6H9IN4O. The number of H-pyrrole nitrogens is 1. The molecule has 0 unspecified atom stereocenters. The smallest absolute Gasteiger partial charge is 0.235 e. The Balaban J connectivity index is 2.54. The largest absolute Gasteiger partial charge is 0.368 e. The van der Waals surface area contributed by atoms with E-state index in [1.807, 2.05) is 22.9 Å². The number of nitrogens with two attached hydrogens (primary N) is 1. The normalized spacial score (nSPS) is 12.8. The summed E-state index contributed by atoms with van der Waals surface area (Å²) in [6.07, 6.45) is 3.78. The number of hydrogen-bond donors (Lipinski definition) is 3. The number of primary amides is 1. The van der Waals surface area contributed by atoms with Crippen LogP contribution in [0.2, 0.25) is 0 Å². The first-order chi connectivity index (χ1) is 5.74. The lowest BCUT2D eigenvalue weighted by molar-refractivity contribution is -0.119. The zero-order valence-electron chi connectivity index (χ0n) is 6.25. The summed E-state index contributed by atoms with van der Waals surface area (Å²) >= 11 is 1.90. The fourth-order valence-electron chi connectivity index (χ4n) is 0.809. The Labute approximate surface area is 83.6 Å². The number of carbonyl (C=O) groups is 1. The molecule has 1 atom stereocenters. The molecule has 5 nitrogen and oxygen atoms in total. The van der Waals surface area contributed by atoms with E-state index < -0.39 is 0 Å². The number of carbonyl (C=O) groups excluding carboxylic acids is 1. The molecule has 12 heavy (non-hydrogen) atoms. The molecular weight excluding hydrogens is 271 g/mol. The first kappa shape index (κ1) is 9.46. The minimum Gasteiger partial charge on any atom is -0.368 e. The van der Waals surface area contributed by atoms with E-state index >= 15 is 0 Å². The van der Waals surface area contributed by atoms with Gasteiger partial charge in [0.05, 0.1) is 6.33 Å². The maximum atomic E-state index is 10.8. The predicted octanol–water partition coefficient (Wildman–Crippen LogP) is -0.254. The van der Waals surface area contributed by atoms with Gasteiger partial charge in [0.2, 0.25) is 5.91 Å². The Morgan fingerprint density at radius 2 is 2.67 bits per heavy atom. The van der Waals surface area contributed by atoms with E-state index in [-0.39, 0.29) is 11.9 Å². The molecule has 0 spiro atoms. The second-order valence-electron chi connectivity index (χ2n) is 2.35. The van der Waals surface area contributed by atoms with E-state index in [0.29, 0.717) is 6.42 Å². The van der Waals surface area contributed by atoms with Crippen LogP contribution in [-0.2, 0) is 11.2 Å². The van der Waals surface area contributed by atoms with Crippen LogP contribution in [-0.4, -0.2) is 21.9 Å². The Kier molecular flexibility index (Phi) is 3.48. The van der Waals surface area contributed by atoms with Crippen LogP contribution in [0.25, 0.3) is 0 Å². The molecule has 1 aromatic rings. The van der Waals surface area contributed by atoms with E-state index in [9.17, 15) is 4.79 Å². The Bertz CT molecular complexity index is 248. The summed E-state index contributed by atoms with van der Waals surface area (Å²) in [5.41, 5.74) is 6.01. The quantitative estimate of drug-likeness (QED) is 0.525. The molecule has 66 valence electrons. The van der Waals surface area contributed by atoms with Crippen molar-refractivity contribution < 1.29 is 4.79 Å². The Morgan fingerprint density at radius 1 is 1.92 bits per heavy atom. The summed E-state index contributed by atoms with van der Waals surface area (Å²) in [4.78, 5) is 17.5. The van der Waals surface area contributed by atoms with E-state index in [4.69, 9.17) is 5.73 Å². The van der Waals surface area contributed by atoms with Gasteiger partial charge in [0.1, 0.15) is 6.04 Å². The molecule has 0 saturated heterocycles. The minimum absolute atomic E-state index is 0.342. The number of nitrogens with one attached hydrogen (secondary N) is 2. The highest BCUT2D eigenvalue weighted by molar-refractivity contribution is 14.1. The molecule has 0 aliphatic rings. The van der Waals surface area contributed by atoms with Gasteiger partial charge >= 0.3 is 0 Å². The molecule has 1 rings (SSSR count). The van der Waals surface area contributed by atoms with Gasteiger partial charge in [-0.2, -0.15) is 0 Å². The summed E-state index contributed by atoms with van der Waals surface area (Å²) < 4.78 is 2.79. The fourth-order valence-corrected chi connectivity index (χ4v) is 1.34. The van der Waals surface area contributed by atoms with Crippen molar-refractivity contribution in [1.29, 1.82) is 0 Å². The minimum atomic E-state index is -0.362. The number of aromatic amines is 1. The van der Waals surface area contributed by atoms with E-state index in [1.54, 1.807) is 12.5 Å². The SMILES string of the molecule is NC(=O)[C@H](Cc1cnc[nH]1)NI. The number of hydrogen-bond acceptors (Lipinski definition) is 3. The van der Waals surface area contributed by atoms with Crippen LogP contribution in [0.1, 0.15) is 5.69 Å². The van der Waals surface area contributed by atoms with Gasteiger partial charge in [-0.25, -0.2) is 8.51 Å². The van der Waals surface area contributed by atoms with Crippen LogP contribution >= 0.6 is 22.9 Å². The first-order valence-electron chi connectivity index (χ1n) is 3.36. The third-order valence-corrected chi connectivity index (χ3v) is 2.21. The molecule has 1 aromatic heterocycles. The summed E-state index contributed by atoms with van der Waals surface area (Å²) in [7, 11) is 0. The van der Waals surface area contributed by atoms with Crippen molar-refractivity contribution in [2.75, 3.05) is 0 Å². The molecule has 1 heterocycles. The lowest BCUT2D eigenvalue weighted by atomic mass is 10.2. The second kappa shape index (κ2) is 4.41. The van der Waals surface area contributed by atoms with Gasteiger partial charge in [-0.05, 0) is 0 Å². The van der Waals surface area contributed by atoms with Crippen molar-refractivity contribution in [2.24, 2.45) is 5.73 Å². The first-order valence-corrected chi connectivity index (χ1v) is 4.44. The van der Waals surface area contributed by atoms with Gasteiger partial charge < -0.3 is 10.7 Å². The van der Waals surface area contributed by atoms with Gasteiger partial charge in [-0.3, -0.25) is 4.79 Å². The molecule has 0 bridgehead atoms. The maximum absolute atomic E-state index is 10.8. The number of rotatable bonds is 4. The second-order valence-corrected chi connectivity index (χ2v) is 2.97. The molecule has 6 heteroatoms. The predicted molar refractivity (Wildman–Crippen MR) is 52.4 cm³/mol. The van der Waals surface area contributed by atoms with Crippen molar-refractivity contribution in [2.45, 2.75) is 12.5 Å². The molecule has 0 saturated carbocycles. The van der Waals surface area contributed by atoms with E-state index in [1.165, 1.54) is 0 Å². The zero-order valence-corrected chi connectivity index (χ0v) is 8.41. The van der Waals surface area contributed by atoms with Gasteiger partial charge in [0.15, 0.2) is 0 Å². The topological polar surface area (TPSA) is 83.8 Å². The fraction of sp³-hybridized carbons (Fsp3) is 0.333. The zero-order chi connectivity index (χ0) is 8.97. The van der Waals surface area contributed by atoms with Crippen LogP contribution < -0.4 is 9.26 Å². The standard InChI is InChI=1S/C6H9IN4O/c7-11-5(6(8)12)1-4-2-9-3-10-4/h2-3,5,11H,1H2,(H2,8,12)(H,9,10)/t5-/m0/s1. The van der Waals surface area contributed by atoms with Crippen molar-refractivity contribution in [3.63, 3.8) is 0 Å². The highest BCUT2D eigenvalue weighted by atomic mass is 127. The van der Waals surface area contributed by atoms with Crippen molar-refractivity contribution >= 4 is 28.8 Å². The molecule has 1 amide bonds. The van der Waals surface area contributed by atoms with E-state index in [0.717, 1.165) is 5.69 Å². The highest BCUT2D eigenvalue weighted by Crippen LogP contribution is 1.98. The van der Waals surface area contributed by atoms with E-state index in [2.05, 4.69) is 13.5 Å². The lowest BCUT2D eigenvalue weighted by Crippen LogP contribution is -2.38. The third-order valence-electron chi connectivity index (χ3n) is 1.45. The molecule has 0 fully saturated rings. The number of amides is 1. The van der Waals surface area contributed by atoms with Crippen molar-refractivity contribution in [3.05, 3.63) is 18.2 Å². The average molecular weight is 280 g/mol. The van der Waals surface area contributed by atoms with Crippen LogP contribution in [0, 0.1) is 0 Å². The number of aromatic nitrogens is 2. The summed E-state index contributed by atoms with van der Waals surface area (Å²) in [6, 6.07) is -0.342. The van der Waals surface area contributed by atoms with Crippen LogP contribution in [0.5, 0.6) is 0 Å². The summed E-state index contributed by atoms with van der Waals surface area (Å²) in [6.45, 7) is 0. The highest BCUT2D eigenvalue weighted by Gasteiger charge is 2.14. The summed E-state index contributed by atoms with van der Waals surface area (Å²) in [5, 5.41) is 0. The maximum Gasteiger partial charge on any atom is 0.235 e. The lowest BCUT2D eigenvalue weighted by Gasteiger charge is -2.08. The van der Waals surface area contributed by atoms with Crippen molar-refractivity contribution in [1.82, 2.24) is 13.5 Å². The van der Waals surface area contributed by atoms with Crippen molar-refractivity contribution in [3.8, 4) is 0 Å². The molecule has 0 aliphatic carbocycles. The molecule has 0 aliphatic heterocycles. The number of halogens is 1. The van der Waals surface area contributed by atoms with Crippen LogP contribution in [0.15, 0.2) is 12.5 Å². The number of imidazole rings is 1. The monoisotopic (exact) mass is 280 g/mol. The number of nitrogens with zero attached hydrogens (tertiary/aromatic N) is 1. The van der Waals surface area contributed by atoms with Gasteiger partial charge in [0.25, 0.3) is 0 Å². The molecule has 0 radical (unpaired) electrons. The van der Waals surface area contributed by atoms with Crippen LogP contribution in [0.3, 0.4) is 0 Å². The van der Waals surface area contributed by atoms with Gasteiger partial charge in [-0.15, -0.1) is 0 Å². The third kappa shape index (κ3) is 2.45. The molecule has 0 aromatic carbocycles. The van der Waals surface area contributed by atoms with Gasteiger partial charge in [-0.1, -0.05) is 0 Å². The average Bonchev–Trinajstić information content (AvgIpc) is 2.51. The van der Waals surface area contributed by atoms with Gasteiger partial charge in [0, 0.05) is 41.2 Å².